The first kappa shape index (κ1) is 12.5. The lowest BCUT2D eigenvalue weighted by molar-refractivity contribution is 0.0831. The van der Waals surface area contributed by atoms with Gasteiger partial charge < -0.3 is 10.6 Å². The number of nitrogen functional groups attached to an aromatic ring is 1. The van der Waals surface area contributed by atoms with E-state index in [0.717, 1.165) is 5.70 Å². The molecule has 0 saturated heterocycles. The number of nitrogens with two attached hydrogens (primary N) is 1. The van der Waals surface area contributed by atoms with Crippen molar-refractivity contribution in [1.29, 1.82) is 0 Å². The van der Waals surface area contributed by atoms with Crippen LogP contribution < -0.4 is 5.73 Å². The van der Waals surface area contributed by atoms with E-state index in [2.05, 4.69) is 20.9 Å². The second kappa shape index (κ2) is 4.14. The molecule has 0 saturated carbocycles. The Morgan fingerprint density at radius 2 is 2.14 bits per heavy atom. The molecule has 2 aromatic rings. The summed E-state index contributed by atoms with van der Waals surface area (Å²) in [6.07, 6.45) is 5.58. The fourth-order valence-corrected chi connectivity index (χ4v) is 3.06. The van der Waals surface area contributed by atoms with Crippen LogP contribution in [0.1, 0.15) is 16.1 Å². The summed E-state index contributed by atoms with van der Waals surface area (Å²) >= 11 is 3.19. The normalized spacial score (nSPS) is 16.2. The minimum atomic E-state index is -0.403. The minimum absolute atomic E-state index is 0.159. The maximum atomic E-state index is 13.7. The number of nitrogens with zero attached hydrogens (tertiary/aromatic N) is 2. The number of anilines is 1. The van der Waals surface area contributed by atoms with E-state index < -0.39 is 5.82 Å². The molecule has 1 amide bonds. The Labute approximate surface area is 127 Å². The summed E-state index contributed by atoms with van der Waals surface area (Å²) in [6, 6.07) is 2.86. The SMILES string of the molecule is Nc1c2c(nc3c(Br)c(F)ccc13)CN(C1=CC=C1)C2=O. The molecule has 1 aliphatic carbocycles. The number of halogens is 2. The van der Waals surface area contributed by atoms with Gasteiger partial charge in [0.2, 0.25) is 0 Å². The molecule has 0 radical (unpaired) electrons. The van der Waals surface area contributed by atoms with Crippen LogP contribution in [0.2, 0.25) is 0 Å². The second-order valence-electron chi connectivity index (χ2n) is 4.95. The second-order valence-corrected chi connectivity index (χ2v) is 5.74. The maximum Gasteiger partial charge on any atom is 0.262 e. The van der Waals surface area contributed by atoms with E-state index in [0.29, 0.717) is 34.4 Å². The predicted octanol–water partition coefficient (Wildman–Crippen LogP) is 3.13. The van der Waals surface area contributed by atoms with Crippen LogP contribution in [0.15, 0.2) is 40.5 Å². The number of pyridine rings is 1. The van der Waals surface area contributed by atoms with Crippen molar-refractivity contribution in [3.8, 4) is 0 Å². The van der Waals surface area contributed by atoms with Crippen molar-refractivity contribution in [2.75, 3.05) is 5.73 Å². The highest BCUT2D eigenvalue weighted by molar-refractivity contribution is 9.10. The van der Waals surface area contributed by atoms with Gasteiger partial charge in [0.05, 0.1) is 33.5 Å². The summed E-state index contributed by atoms with van der Waals surface area (Å²) < 4.78 is 13.9. The zero-order chi connectivity index (χ0) is 14.7. The average molecular weight is 346 g/mol. The Morgan fingerprint density at radius 1 is 1.38 bits per heavy atom. The molecule has 0 atom stereocenters. The molecule has 2 N–H and O–H groups in total. The lowest BCUT2D eigenvalue weighted by Crippen LogP contribution is -2.24. The van der Waals surface area contributed by atoms with Crippen LogP contribution >= 0.6 is 15.9 Å². The Kier molecular flexibility index (Phi) is 2.47. The van der Waals surface area contributed by atoms with Gasteiger partial charge in [0, 0.05) is 11.1 Å². The fraction of sp³-hybridized carbons (Fsp3) is 0.0667. The van der Waals surface area contributed by atoms with Crippen molar-refractivity contribution in [3.63, 3.8) is 0 Å². The van der Waals surface area contributed by atoms with E-state index in [1.54, 1.807) is 11.0 Å². The molecule has 2 heterocycles. The maximum absolute atomic E-state index is 13.7. The minimum Gasteiger partial charge on any atom is -0.397 e. The molecular weight excluding hydrogens is 337 g/mol. The van der Waals surface area contributed by atoms with Crippen LogP contribution in [0.4, 0.5) is 10.1 Å². The predicted molar refractivity (Wildman–Crippen MR) is 80.9 cm³/mol. The van der Waals surface area contributed by atoms with Gasteiger partial charge in [-0.15, -0.1) is 0 Å². The number of rotatable bonds is 1. The van der Waals surface area contributed by atoms with Crippen LogP contribution in [0.3, 0.4) is 0 Å². The standard InChI is InChI=1S/C15H9BrFN3O/c16-12-9(17)5-4-8-13(18)11-10(19-14(8)12)6-20(15(11)21)7-2-1-3-7/h1-5H,6H2,(H2,18,19). The van der Waals surface area contributed by atoms with Crippen LogP contribution in [0.25, 0.3) is 10.9 Å². The van der Waals surface area contributed by atoms with Crippen LogP contribution in [0.5, 0.6) is 0 Å². The van der Waals surface area contributed by atoms with Gasteiger partial charge >= 0.3 is 0 Å². The number of hydrogen-bond acceptors (Lipinski definition) is 3. The van der Waals surface area contributed by atoms with Gasteiger partial charge in [-0.1, -0.05) is 6.08 Å². The molecule has 1 aromatic carbocycles. The van der Waals surface area contributed by atoms with Crippen LogP contribution in [-0.4, -0.2) is 15.8 Å². The average Bonchev–Trinajstić information content (AvgIpc) is 2.71. The number of aromatic nitrogens is 1. The molecule has 4 rings (SSSR count). The molecule has 104 valence electrons. The molecule has 4 nitrogen and oxygen atoms in total. The first-order chi connectivity index (χ1) is 10.1. The Morgan fingerprint density at radius 3 is 2.81 bits per heavy atom. The third kappa shape index (κ3) is 1.59. The summed E-state index contributed by atoms with van der Waals surface area (Å²) in [5, 5.41) is 0.579. The first-order valence-electron chi connectivity index (χ1n) is 6.34. The van der Waals surface area contributed by atoms with Gasteiger partial charge in [0.25, 0.3) is 5.91 Å². The summed E-state index contributed by atoms with van der Waals surface area (Å²) in [5.41, 5.74) is 8.77. The highest BCUT2D eigenvalue weighted by Crippen LogP contribution is 2.37. The molecule has 0 unspecified atom stereocenters. The monoisotopic (exact) mass is 345 g/mol. The summed E-state index contributed by atoms with van der Waals surface area (Å²) in [7, 11) is 0. The van der Waals surface area contributed by atoms with E-state index in [1.165, 1.54) is 6.07 Å². The Balaban J connectivity index is 1.96. The third-order valence-electron chi connectivity index (χ3n) is 3.78. The van der Waals surface area contributed by atoms with Crippen molar-refractivity contribution in [1.82, 2.24) is 9.88 Å². The molecular formula is C15H9BrFN3O. The molecule has 2 aliphatic rings. The Bertz CT molecular complexity index is 888. The Hall–Kier alpha value is -2.21. The molecule has 0 fully saturated rings. The lowest BCUT2D eigenvalue weighted by Gasteiger charge is -2.19. The number of amides is 1. The molecule has 6 heteroatoms. The topological polar surface area (TPSA) is 59.2 Å². The molecule has 0 bridgehead atoms. The van der Waals surface area contributed by atoms with E-state index >= 15 is 0 Å². The van der Waals surface area contributed by atoms with Crippen LogP contribution in [-0.2, 0) is 6.54 Å². The smallest absolute Gasteiger partial charge is 0.262 e. The molecule has 21 heavy (non-hydrogen) atoms. The van der Waals surface area contributed by atoms with Crippen LogP contribution in [0, 0.1) is 5.82 Å². The van der Waals surface area contributed by atoms with E-state index in [9.17, 15) is 9.18 Å². The van der Waals surface area contributed by atoms with Gasteiger partial charge in [-0.25, -0.2) is 9.37 Å². The molecule has 1 aliphatic heterocycles. The third-order valence-corrected chi connectivity index (χ3v) is 4.53. The highest BCUT2D eigenvalue weighted by atomic mass is 79.9. The first-order valence-corrected chi connectivity index (χ1v) is 7.13. The number of carbonyl (C=O) groups excluding carboxylic acids is 1. The zero-order valence-corrected chi connectivity index (χ0v) is 12.3. The highest BCUT2D eigenvalue weighted by Gasteiger charge is 2.34. The largest absolute Gasteiger partial charge is 0.397 e. The van der Waals surface area contributed by atoms with E-state index in [1.807, 2.05) is 18.2 Å². The number of benzene rings is 1. The van der Waals surface area contributed by atoms with Crippen molar-refractivity contribution >= 4 is 38.4 Å². The van der Waals surface area contributed by atoms with Crippen molar-refractivity contribution < 1.29 is 9.18 Å². The summed E-state index contributed by atoms with van der Waals surface area (Å²) in [6.45, 7) is 0.355. The van der Waals surface area contributed by atoms with Gasteiger partial charge in [0.1, 0.15) is 5.82 Å². The zero-order valence-electron chi connectivity index (χ0n) is 10.7. The van der Waals surface area contributed by atoms with E-state index in [-0.39, 0.29) is 10.4 Å². The van der Waals surface area contributed by atoms with E-state index in [4.69, 9.17) is 5.73 Å². The van der Waals surface area contributed by atoms with Crippen molar-refractivity contribution in [2.45, 2.75) is 6.54 Å². The summed E-state index contributed by atoms with van der Waals surface area (Å²) in [4.78, 5) is 18.6. The molecule has 0 spiro atoms. The van der Waals surface area contributed by atoms with Gasteiger partial charge in [-0.3, -0.25) is 4.79 Å². The van der Waals surface area contributed by atoms with Gasteiger partial charge in [0.15, 0.2) is 0 Å². The van der Waals surface area contributed by atoms with Gasteiger partial charge in [-0.05, 0) is 40.2 Å². The summed E-state index contributed by atoms with van der Waals surface area (Å²) in [5.74, 6) is -0.562. The van der Waals surface area contributed by atoms with Gasteiger partial charge in [-0.2, -0.15) is 0 Å². The van der Waals surface area contributed by atoms with Crippen molar-refractivity contribution in [2.24, 2.45) is 0 Å². The lowest BCUT2D eigenvalue weighted by atomic mass is 10.1. The quantitative estimate of drug-likeness (QED) is 0.863. The number of carbonyl (C=O) groups is 1. The number of fused-ring (bicyclic) bond motifs is 2. The molecule has 1 aromatic heterocycles. The van der Waals surface area contributed by atoms with Crippen molar-refractivity contribution in [3.05, 3.63) is 57.6 Å². The fourth-order valence-electron chi connectivity index (χ4n) is 2.63. The number of allylic oxidation sites excluding steroid dienone is 3. The number of hydrogen-bond donors (Lipinski definition) is 1.